The molecule has 216 valence electrons. The Hall–Kier alpha value is -2.13. The second-order valence-electron chi connectivity index (χ2n) is 9.85. The number of hydrogen-bond donors (Lipinski definition) is 2. The van der Waals surface area contributed by atoms with Gasteiger partial charge in [-0.25, -0.2) is 0 Å². The van der Waals surface area contributed by atoms with E-state index in [4.69, 9.17) is 9.29 Å². The van der Waals surface area contributed by atoms with E-state index in [1.165, 1.54) is 68.8 Å². The van der Waals surface area contributed by atoms with Gasteiger partial charge in [0.05, 0.1) is 29.3 Å². The minimum atomic E-state index is -4.04. The first-order chi connectivity index (χ1) is 18.7. The molecule has 0 aliphatic heterocycles. The first-order valence-corrected chi connectivity index (χ1v) is 16.4. The molecule has 2 N–H and O–H groups in total. The molecule has 0 heterocycles. The van der Waals surface area contributed by atoms with Crippen LogP contribution in [0, 0.1) is 6.92 Å². The van der Waals surface area contributed by atoms with Crippen molar-refractivity contribution in [2.45, 2.75) is 94.3 Å². The number of carbonyl (C=O) groups is 1. The molecule has 2 unspecified atom stereocenters. The van der Waals surface area contributed by atoms with Crippen molar-refractivity contribution in [2.75, 3.05) is 12.4 Å². The third kappa shape index (κ3) is 12.7. The lowest BCUT2D eigenvalue weighted by Crippen LogP contribution is -2.25. The highest BCUT2D eigenvalue weighted by Crippen LogP contribution is 2.36. The minimum Gasteiger partial charge on any atom is -0.481 e. The molecule has 8 heteroatoms. The fourth-order valence-electron chi connectivity index (χ4n) is 4.23. The van der Waals surface area contributed by atoms with Gasteiger partial charge in [-0.2, -0.15) is 20.2 Å². The minimum absolute atomic E-state index is 0.0275. The van der Waals surface area contributed by atoms with Gasteiger partial charge in [-0.05, 0) is 43.0 Å². The van der Waals surface area contributed by atoms with Gasteiger partial charge in [-0.3, -0.25) is 8.98 Å². The maximum atomic E-state index is 12.7. The number of aliphatic hydroxyl groups is 1. The van der Waals surface area contributed by atoms with Crippen LogP contribution < -0.4 is 0 Å². The lowest BCUT2D eigenvalue weighted by molar-refractivity contribution is -0.136. The number of aliphatic carboxylic acids is 1. The van der Waals surface area contributed by atoms with Gasteiger partial charge >= 0.3 is 5.97 Å². The van der Waals surface area contributed by atoms with Crippen molar-refractivity contribution in [1.82, 2.24) is 0 Å². The number of benzene rings is 2. The van der Waals surface area contributed by atoms with E-state index < -0.39 is 34.0 Å². The summed E-state index contributed by atoms with van der Waals surface area (Å²) in [7, 11) is -4.04. The molecule has 2 atom stereocenters. The van der Waals surface area contributed by atoms with Crippen LogP contribution in [-0.2, 0) is 19.1 Å². The summed E-state index contributed by atoms with van der Waals surface area (Å²) in [4.78, 5) is 11.1. The molecule has 0 aliphatic carbocycles. The zero-order chi connectivity index (χ0) is 28.5. The second kappa shape index (κ2) is 18.3. The number of allylic oxidation sites excluding steroid dienone is 1. The van der Waals surface area contributed by atoms with E-state index in [0.717, 1.165) is 29.5 Å². The van der Waals surface area contributed by atoms with E-state index in [1.807, 2.05) is 37.3 Å². The highest BCUT2D eigenvalue weighted by Gasteiger charge is 2.27. The summed E-state index contributed by atoms with van der Waals surface area (Å²) in [6, 6.07) is 14.0. The van der Waals surface area contributed by atoms with Gasteiger partial charge in [0, 0.05) is 5.75 Å². The molecule has 2 aromatic carbocycles. The van der Waals surface area contributed by atoms with Crippen molar-refractivity contribution in [1.29, 1.82) is 0 Å². The SMILES string of the molecule is CCCCCCCCCC/C=C/c1ccccc1C(SCCC(=O)O)C(O)COS(=O)(=O)c1ccc(C)cc1. The smallest absolute Gasteiger partial charge is 0.304 e. The average molecular weight is 577 g/mol. The van der Waals surface area contributed by atoms with Crippen LogP contribution in [0.5, 0.6) is 0 Å². The topological polar surface area (TPSA) is 101 Å². The summed E-state index contributed by atoms with van der Waals surface area (Å²) < 4.78 is 30.6. The Morgan fingerprint density at radius 2 is 1.62 bits per heavy atom. The maximum Gasteiger partial charge on any atom is 0.304 e. The van der Waals surface area contributed by atoms with E-state index >= 15 is 0 Å². The van der Waals surface area contributed by atoms with E-state index in [0.29, 0.717) is 0 Å². The van der Waals surface area contributed by atoms with Crippen LogP contribution >= 0.6 is 11.8 Å². The average Bonchev–Trinajstić information content (AvgIpc) is 2.91. The summed E-state index contributed by atoms with van der Waals surface area (Å²) >= 11 is 1.29. The van der Waals surface area contributed by atoms with Gasteiger partial charge in [-0.1, -0.05) is 106 Å². The lowest BCUT2D eigenvalue weighted by Gasteiger charge is -2.24. The number of hydrogen-bond acceptors (Lipinski definition) is 6. The number of unbranched alkanes of at least 4 members (excludes halogenated alkanes) is 8. The molecule has 0 saturated heterocycles. The van der Waals surface area contributed by atoms with E-state index in [1.54, 1.807) is 12.1 Å². The van der Waals surface area contributed by atoms with Crippen LogP contribution in [0.2, 0.25) is 0 Å². The Kier molecular flexibility index (Phi) is 15.5. The Balaban J connectivity index is 2.04. The number of carboxylic acid groups (broad SMARTS) is 1. The molecule has 0 spiro atoms. The van der Waals surface area contributed by atoms with Gasteiger partial charge in [0.2, 0.25) is 0 Å². The van der Waals surface area contributed by atoms with Gasteiger partial charge < -0.3 is 10.2 Å². The molecule has 0 bridgehead atoms. The van der Waals surface area contributed by atoms with Crippen LogP contribution in [0.3, 0.4) is 0 Å². The Morgan fingerprint density at radius 1 is 0.974 bits per heavy atom. The van der Waals surface area contributed by atoms with Crippen LogP contribution in [0.15, 0.2) is 59.5 Å². The molecule has 0 saturated carbocycles. The second-order valence-corrected chi connectivity index (χ2v) is 12.7. The van der Waals surface area contributed by atoms with Crippen molar-refractivity contribution < 1.29 is 27.6 Å². The first-order valence-electron chi connectivity index (χ1n) is 14.0. The highest BCUT2D eigenvalue weighted by atomic mass is 32.2. The molecule has 0 aromatic heterocycles. The molecule has 0 fully saturated rings. The number of rotatable bonds is 20. The molecule has 0 aliphatic rings. The quantitative estimate of drug-likeness (QED) is 0.124. The number of thioether (sulfide) groups is 1. The van der Waals surface area contributed by atoms with Crippen molar-refractivity contribution in [3.8, 4) is 0 Å². The molecule has 0 radical (unpaired) electrons. The van der Waals surface area contributed by atoms with Crippen LogP contribution in [0.1, 0.15) is 93.1 Å². The van der Waals surface area contributed by atoms with Gasteiger partial charge in [-0.15, -0.1) is 0 Å². The van der Waals surface area contributed by atoms with Crippen LogP contribution in [-0.4, -0.2) is 43.1 Å². The molecular formula is C31H44O6S2. The lowest BCUT2D eigenvalue weighted by atomic mass is 10.00. The van der Waals surface area contributed by atoms with Gasteiger partial charge in [0.1, 0.15) is 0 Å². The van der Waals surface area contributed by atoms with Crippen LogP contribution in [0.4, 0.5) is 0 Å². The van der Waals surface area contributed by atoms with Gasteiger partial charge in [0.25, 0.3) is 10.1 Å². The normalized spacial score (nSPS) is 13.5. The molecule has 39 heavy (non-hydrogen) atoms. The first kappa shape index (κ1) is 33.1. The van der Waals surface area contributed by atoms with Crippen molar-refractivity contribution in [3.05, 3.63) is 71.3 Å². The summed E-state index contributed by atoms with van der Waals surface area (Å²) in [6.07, 6.45) is 14.0. The molecule has 0 amide bonds. The summed E-state index contributed by atoms with van der Waals surface area (Å²) in [5, 5.41) is 19.6. The summed E-state index contributed by atoms with van der Waals surface area (Å²) in [6.45, 7) is 3.66. The maximum absolute atomic E-state index is 12.7. The largest absolute Gasteiger partial charge is 0.481 e. The Bertz CT molecular complexity index is 1110. The van der Waals surface area contributed by atoms with Crippen molar-refractivity contribution in [3.63, 3.8) is 0 Å². The van der Waals surface area contributed by atoms with Gasteiger partial charge in [0.15, 0.2) is 0 Å². The Labute approximate surface area is 239 Å². The predicted octanol–water partition coefficient (Wildman–Crippen LogP) is 7.55. The third-order valence-electron chi connectivity index (χ3n) is 6.49. The fraction of sp³-hybridized carbons (Fsp3) is 0.516. The molecular weight excluding hydrogens is 532 g/mol. The summed E-state index contributed by atoms with van der Waals surface area (Å²) in [5.74, 6) is -0.648. The zero-order valence-corrected chi connectivity index (χ0v) is 24.9. The highest BCUT2D eigenvalue weighted by molar-refractivity contribution is 7.99. The van der Waals surface area contributed by atoms with Crippen molar-refractivity contribution >= 4 is 33.9 Å². The number of aliphatic hydroxyl groups excluding tert-OH is 1. The van der Waals surface area contributed by atoms with Crippen LogP contribution in [0.25, 0.3) is 6.08 Å². The summed E-state index contributed by atoms with van der Waals surface area (Å²) in [5.41, 5.74) is 2.67. The predicted molar refractivity (Wildman–Crippen MR) is 160 cm³/mol. The third-order valence-corrected chi connectivity index (χ3v) is 9.15. The number of aryl methyl sites for hydroxylation is 1. The van der Waals surface area contributed by atoms with Crippen molar-refractivity contribution in [2.24, 2.45) is 0 Å². The van der Waals surface area contributed by atoms with E-state index in [9.17, 15) is 18.3 Å². The molecule has 2 rings (SSSR count). The zero-order valence-electron chi connectivity index (χ0n) is 23.3. The standard InChI is InChI=1S/C31H44O6S2/c1-3-4-5-6-7-8-9-10-11-12-15-26-16-13-14-17-28(26)31(38-23-22-30(33)34)29(32)24-37-39(35,36)27-20-18-25(2)19-21-27/h12-21,29,31-32H,3-11,22-24H2,1-2H3,(H,33,34)/b15-12+. The van der Waals surface area contributed by atoms with E-state index in [2.05, 4.69) is 13.0 Å². The number of carboxylic acids is 1. The monoisotopic (exact) mass is 576 g/mol. The van der Waals surface area contributed by atoms with E-state index in [-0.39, 0.29) is 17.1 Å². The molecule has 2 aromatic rings. The molecule has 6 nitrogen and oxygen atoms in total. The Morgan fingerprint density at radius 3 is 2.28 bits per heavy atom. The fourth-order valence-corrected chi connectivity index (χ4v) is 6.39.